The molecule has 1 aliphatic rings. The monoisotopic (exact) mass is 338 g/mol. The van der Waals surface area contributed by atoms with Gasteiger partial charge in [-0.05, 0) is 48.7 Å². The van der Waals surface area contributed by atoms with E-state index in [1.807, 2.05) is 6.07 Å². The molecule has 6 heteroatoms. The number of hydrogen-bond donors (Lipinski definition) is 1. The zero-order chi connectivity index (χ0) is 17.4. The van der Waals surface area contributed by atoms with E-state index in [-0.39, 0.29) is 5.88 Å². The van der Waals surface area contributed by atoms with E-state index in [1.165, 1.54) is 17.4 Å². The maximum Gasteiger partial charge on any atom is 0.338 e. The van der Waals surface area contributed by atoms with Gasteiger partial charge in [-0.1, -0.05) is 12.8 Å². The Balaban J connectivity index is 1.72. The highest BCUT2D eigenvalue weighted by Gasteiger charge is 2.22. The average molecular weight is 338 g/mol. The van der Waals surface area contributed by atoms with Crippen LogP contribution in [0.1, 0.15) is 19.3 Å². The lowest BCUT2D eigenvalue weighted by Gasteiger charge is -2.12. The summed E-state index contributed by atoms with van der Waals surface area (Å²) in [4.78, 5) is 25.0. The third-order valence-corrected chi connectivity index (χ3v) is 4.56. The van der Waals surface area contributed by atoms with Crippen LogP contribution >= 0.6 is 0 Å². The first kappa shape index (κ1) is 15.5. The van der Waals surface area contributed by atoms with Crippen molar-refractivity contribution in [1.29, 1.82) is 0 Å². The topological polar surface area (TPSA) is 77.4 Å². The Kier molecular flexibility index (Phi) is 3.80. The summed E-state index contributed by atoms with van der Waals surface area (Å²) in [6.45, 7) is 0.417. The van der Waals surface area contributed by atoms with Gasteiger partial charge in [-0.15, -0.1) is 0 Å². The number of nitrogens with zero attached hydrogens (tertiary/aromatic N) is 2. The lowest BCUT2D eigenvalue weighted by molar-refractivity contribution is 0.388. The molecule has 1 aliphatic carbocycles. The van der Waals surface area contributed by atoms with Gasteiger partial charge in [0.15, 0.2) is 0 Å². The quantitative estimate of drug-likeness (QED) is 0.776. The van der Waals surface area contributed by atoms with Crippen LogP contribution in [-0.4, -0.2) is 14.2 Å². The van der Waals surface area contributed by atoms with E-state index in [4.69, 9.17) is 4.42 Å². The molecule has 1 saturated carbocycles. The summed E-state index contributed by atoms with van der Waals surface area (Å²) in [6.07, 6.45) is 4.77. The van der Waals surface area contributed by atoms with Gasteiger partial charge in [0.05, 0.1) is 18.0 Å². The van der Waals surface area contributed by atoms with Crippen molar-refractivity contribution in [2.24, 2.45) is 5.92 Å². The summed E-state index contributed by atoms with van der Waals surface area (Å²) in [7, 11) is 0. The Labute approximate surface area is 143 Å². The van der Waals surface area contributed by atoms with E-state index in [1.54, 1.807) is 36.6 Å². The van der Waals surface area contributed by atoms with Crippen molar-refractivity contribution >= 4 is 0 Å². The molecule has 0 radical (unpaired) electrons. The molecule has 6 nitrogen and oxygen atoms in total. The van der Waals surface area contributed by atoms with Crippen LogP contribution < -0.4 is 11.2 Å². The molecule has 0 unspecified atom stereocenters. The van der Waals surface area contributed by atoms with Crippen molar-refractivity contribution in [3.05, 3.63) is 69.6 Å². The van der Waals surface area contributed by atoms with Crippen LogP contribution in [0.4, 0.5) is 0 Å². The average Bonchev–Trinajstić information content (AvgIpc) is 3.26. The second-order valence-corrected chi connectivity index (χ2v) is 6.37. The van der Waals surface area contributed by atoms with E-state index in [9.17, 15) is 14.7 Å². The molecule has 128 valence electrons. The second-order valence-electron chi connectivity index (χ2n) is 6.37. The highest BCUT2D eigenvalue weighted by atomic mass is 16.3. The van der Waals surface area contributed by atoms with Crippen LogP contribution in [-0.2, 0) is 6.54 Å². The molecule has 4 rings (SSSR count). The van der Waals surface area contributed by atoms with Crippen LogP contribution in [0.5, 0.6) is 5.88 Å². The first-order valence-electron chi connectivity index (χ1n) is 8.33. The molecular weight excluding hydrogens is 320 g/mol. The fourth-order valence-electron chi connectivity index (χ4n) is 2.95. The van der Waals surface area contributed by atoms with Gasteiger partial charge in [0.1, 0.15) is 5.76 Å². The van der Waals surface area contributed by atoms with E-state index in [2.05, 4.69) is 0 Å². The number of aromatic nitrogens is 2. The van der Waals surface area contributed by atoms with Crippen molar-refractivity contribution < 1.29 is 9.52 Å². The van der Waals surface area contributed by atoms with Crippen LogP contribution in [0.15, 0.2) is 62.7 Å². The number of benzene rings is 1. The first-order chi connectivity index (χ1) is 12.1. The Hall–Kier alpha value is -3.02. The Bertz CT molecular complexity index is 993. The minimum atomic E-state index is -0.545. The SMILES string of the molecule is O=c1cc(O)n(CCC2CC2)c(=O)n1-c1ccc(-c2ccco2)cc1. The highest BCUT2D eigenvalue weighted by Crippen LogP contribution is 2.32. The van der Waals surface area contributed by atoms with Gasteiger partial charge in [0.2, 0.25) is 5.88 Å². The fraction of sp³-hybridized carbons (Fsp3) is 0.263. The van der Waals surface area contributed by atoms with Crippen LogP contribution in [0.2, 0.25) is 0 Å². The predicted molar refractivity (Wildman–Crippen MR) is 93.0 cm³/mol. The number of furan rings is 1. The van der Waals surface area contributed by atoms with Crippen molar-refractivity contribution in [1.82, 2.24) is 9.13 Å². The van der Waals surface area contributed by atoms with Crippen molar-refractivity contribution in [3.63, 3.8) is 0 Å². The summed E-state index contributed by atoms with van der Waals surface area (Å²) in [5.41, 5.74) is 0.257. The summed E-state index contributed by atoms with van der Waals surface area (Å²) in [5, 5.41) is 9.98. The first-order valence-corrected chi connectivity index (χ1v) is 8.33. The molecule has 0 bridgehead atoms. The minimum absolute atomic E-state index is 0.279. The van der Waals surface area contributed by atoms with E-state index < -0.39 is 11.2 Å². The van der Waals surface area contributed by atoms with Crippen LogP contribution in [0.25, 0.3) is 17.0 Å². The smallest absolute Gasteiger partial charge is 0.338 e. The van der Waals surface area contributed by atoms with Crippen LogP contribution in [0.3, 0.4) is 0 Å². The number of rotatable bonds is 5. The standard InChI is InChI=1S/C19H18N2O4/c22-17-12-18(23)21(19(24)20(17)10-9-13-3-4-13)15-7-5-14(6-8-15)16-2-1-11-25-16/h1-2,5-8,11-13,22H,3-4,9-10H2. The molecule has 0 amide bonds. The maximum atomic E-state index is 12.7. The Morgan fingerprint density at radius 2 is 1.88 bits per heavy atom. The van der Waals surface area contributed by atoms with Crippen molar-refractivity contribution in [3.8, 4) is 22.9 Å². The molecule has 25 heavy (non-hydrogen) atoms. The third kappa shape index (κ3) is 3.03. The van der Waals surface area contributed by atoms with Gasteiger partial charge >= 0.3 is 5.69 Å². The fourth-order valence-corrected chi connectivity index (χ4v) is 2.95. The summed E-state index contributed by atoms with van der Waals surface area (Å²) >= 11 is 0. The maximum absolute atomic E-state index is 12.7. The molecule has 1 fully saturated rings. The third-order valence-electron chi connectivity index (χ3n) is 4.56. The molecule has 2 heterocycles. The molecule has 2 aromatic heterocycles. The zero-order valence-electron chi connectivity index (χ0n) is 13.6. The molecule has 0 aliphatic heterocycles. The largest absolute Gasteiger partial charge is 0.494 e. The van der Waals surface area contributed by atoms with Gasteiger partial charge in [-0.2, -0.15) is 0 Å². The summed E-state index contributed by atoms with van der Waals surface area (Å²) in [6, 6.07) is 11.7. The molecule has 0 atom stereocenters. The highest BCUT2D eigenvalue weighted by molar-refractivity contribution is 5.59. The molecule has 3 aromatic rings. The molecule has 0 spiro atoms. The lowest BCUT2D eigenvalue weighted by Crippen LogP contribution is -2.38. The zero-order valence-corrected chi connectivity index (χ0v) is 13.6. The van der Waals surface area contributed by atoms with Gasteiger partial charge in [0, 0.05) is 12.1 Å². The van der Waals surface area contributed by atoms with Crippen molar-refractivity contribution in [2.75, 3.05) is 0 Å². The Morgan fingerprint density at radius 1 is 1.12 bits per heavy atom. The van der Waals surface area contributed by atoms with E-state index in [0.717, 1.165) is 22.6 Å². The minimum Gasteiger partial charge on any atom is -0.494 e. The van der Waals surface area contributed by atoms with E-state index >= 15 is 0 Å². The Morgan fingerprint density at radius 3 is 2.52 bits per heavy atom. The molecular formula is C19H18N2O4. The summed E-state index contributed by atoms with van der Waals surface area (Å²) in [5.74, 6) is 1.06. The van der Waals surface area contributed by atoms with Gasteiger partial charge < -0.3 is 9.52 Å². The molecule has 0 saturated heterocycles. The van der Waals surface area contributed by atoms with Gasteiger partial charge in [-0.25, -0.2) is 9.36 Å². The lowest BCUT2D eigenvalue weighted by atomic mass is 10.1. The second kappa shape index (κ2) is 6.12. The van der Waals surface area contributed by atoms with Gasteiger partial charge in [-0.3, -0.25) is 9.36 Å². The van der Waals surface area contributed by atoms with Crippen LogP contribution in [0, 0.1) is 5.92 Å². The number of hydrogen-bond acceptors (Lipinski definition) is 4. The summed E-state index contributed by atoms with van der Waals surface area (Å²) < 4.78 is 7.69. The number of aromatic hydroxyl groups is 1. The molecule has 1 N–H and O–H groups in total. The van der Waals surface area contributed by atoms with Gasteiger partial charge in [0.25, 0.3) is 5.56 Å². The normalized spacial score (nSPS) is 13.9. The molecule has 1 aromatic carbocycles. The van der Waals surface area contributed by atoms with Crippen molar-refractivity contribution in [2.45, 2.75) is 25.8 Å². The predicted octanol–water partition coefficient (Wildman–Crippen LogP) is 2.76. The van der Waals surface area contributed by atoms with E-state index in [0.29, 0.717) is 23.9 Å².